The van der Waals surface area contributed by atoms with E-state index in [-0.39, 0.29) is 17.8 Å². The van der Waals surface area contributed by atoms with Gasteiger partial charge < -0.3 is 0 Å². The lowest BCUT2D eigenvalue weighted by Gasteiger charge is -2.29. The van der Waals surface area contributed by atoms with Gasteiger partial charge in [0.25, 0.3) is 0 Å². The number of aryl methyl sites for hydroxylation is 2. The first-order valence-corrected chi connectivity index (χ1v) is 9.09. The van der Waals surface area contributed by atoms with Crippen molar-refractivity contribution < 1.29 is 4.39 Å². The highest BCUT2D eigenvalue weighted by molar-refractivity contribution is 6.15. The maximum Gasteiger partial charge on any atom is 0.128 e. The summed E-state index contributed by atoms with van der Waals surface area (Å²) in [5, 5.41) is 10.6. The highest BCUT2D eigenvalue weighted by Gasteiger charge is 2.29. The Hall–Kier alpha value is -3.06. The number of halogens is 1. The van der Waals surface area contributed by atoms with Crippen molar-refractivity contribution in [2.75, 3.05) is 0 Å². The Balaban J connectivity index is 1.96. The first kappa shape index (κ1) is 17.4. The van der Waals surface area contributed by atoms with E-state index in [4.69, 9.17) is 4.99 Å². The third-order valence-electron chi connectivity index (χ3n) is 5.65. The molecule has 27 heavy (non-hydrogen) atoms. The van der Waals surface area contributed by atoms with Gasteiger partial charge in [-0.15, -0.1) is 0 Å². The van der Waals surface area contributed by atoms with Crippen LogP contribution in [-0.4, -0.2) is 16.7 Å². The topological polar surface area (TPSA) is 49.0 Å². The largest absolute Gasteiger partial charge is 0.280 e. The predicted octanol–water partition coefficient (Wildman–Crippen LogP) is 5.21. The maximum atomic E-state index is 13.8. The van der Waals surface area contributed by atoms with Gasteiger partial charge in [-0.2, -0.15) is 5.26 Å². The molecule has 1 aromatic heterocycles. The fourth-order valence-electron chi connectivity index (χ4n) is 3.87. The number of benzene rings is 2. The van der Waals surface area contributed by atoms with E-state index in [1.54, 1.807) is 19.2 Å². The van der Waals surface area contributed by atoms with Crippen LogP contribution in [0.3, 0.4) is 0 Å². The molecule has 0 radical (unpaired) electrons. The molecule has 0 saturated heterocycles. The minimum atomic E-state index is -0.250. The molecule has 0 spiro atoms. The number of aliphatic imine (C=N–C) groups is 1. The smallest absolute Gasteiger partial charge is 0.128 e. The van der Waals surface area contributed by atoms with Crippen molar-refractivity contribution in [1.82, 2.24) is 4.98 Å². The van der Waals surface area contributed by atoms with Gasteiger partial charge in [0.1, 0.15) is 5.82 Å². The van der Waals surface area contributed by atoms with Crippen LogP contribution in [0.25, 0.3) is 10.9 Å². The van der Waals surface area contributed by atoms with Crippen LogP contribution in [0, 0.1) is 31.0 Å². The van der Waals surface area contributed by atoms with Gasteiger partial charge in [0.2, 0.25) is 0 Å². The van der Waals surface area contributed by atoms with Gasteiger partial charge in [0.15, 0.2) is 0 Å². The molecule has 2 heterocycles. The number of nitrogens with zero attached hydrogens (tertiary/aromatic N) is 3. The van der Waals surface area contributed by atoms with Crippen molar-refractivity contribution in [1.29, 1.82) is 5.26 Å². The second kappa shape index (κ2) is 6.28. The van der Waals surface area contributed by atoms with Crippen molar-refractivity contribution in [3.05, 3.63) is 75.7 Å². The molecule has 2 atom stereocenters. The first-order valence-electron chi connectivity index (χ1n) is 9.09. The maximum absolute atomic E-state index is 13.8. The lowest BCUT2D eigenvalue weighted by molar-refractivity contribution is 0.604. The van der Waals surface area contributed by atoms with Crippen molar-refractivity contribution in [2.45, 2.75) is 39.7 Å². The Kier molecular flexibility index (Phi) is 4.04. The zero-order valence-corrected chi connectivity index (χ0v) is 15.8. The first-order chi connectivity index (χ1) is 12.9. The van der Waals surface area contributed by atoms with Crippen LogP contribution in [0.5, 0.6) is 0 Å². The van der Waals surface area contributed by atoms with E-state index in [1.807, 2.05) is 25.1 Å². The lowest BCUT2D eigenvalue weighted by atomic mass is 9.80. The van der Waals surface area contributed by atoms with Crippen molar-refractivity contribution >= 4 is 16.6 Å². The Bertz CT molecular complexity index is 1150. The van der Waals surface area contributed by atoms with Crippen LogP contribution < -0.4 is 0 Å². The van der Waals surface area contributed by atoms with E-state index in [1.165, 1.54) is 6.07 Å². The van der Waals surface area contributed by atoms with Crippen LogP contribution in [0.2, 0.25) is 0 Å². The summed E-state index contributed by atoms with van der Waals surface area (Å²) >= 11 is 0. The highest BCUT2D eigenvalue weighted by Crippen LogP contribution is 2.36. The molecular formula is C23H20FN3. The van der Waals surface area contributed by atoms with E-state index in [2.05, 4.69) is 24.9 Å². The number of aromatic nitrogens is 1. The second-order valence-corrected chi connectivity index (χ2v) is 7.31. The summed E-state index contributed by atoms with van der Waals surface area (Å²) in [6, 6.07) is 11.7. The molecule has 0 N–H and O–H groups in total. The third-order valence-corrected chi connectivity index (χ3v) is 5.65. The molecule has 4 rings (SSSR count). The Morgan fingerprint density at radius 2 is 1.89 bits per heavy atom. The van der Waals surface area contributed by atoms with E-state index in [0.717, 1.165) is 38.9 Å². The van der Waals surface area contributed by atoms with E-state index >= 15 is 0 Å². The Morgan fingerprint density at radius 1 is 1.11 bits per heavy atom. The molecule has 134 valence electrons. The number of hydrogen-bond donors (Lipinski definition) is 0. The van der Waals surface area contributed by atoms with Gasteiger partial charge in [-0.25, -0.2) is 4.39 Å². The van der Waals surface area contributed by atoms with Crippen molar-refractivity contribution in [3.63, 3.8) is 0 Å². The number of fused-ring (bicyclic) bond motifs is 2. The summed E-state index contributed by atoms with van der Waals surface area (Å²) in [6.07, 6.45) is 1.76. The molecule has 2 unspecified atom stereocenters. The quantitative estimate of drug-likeness (QED) is 0.600. The van der Waals surface area contributed by atoms with Crippen LogP contribution in [0.15, 0.2) is 41.5 Å². The molecule has 1 aliphatic rings. The summed E-state index contributed by atoms with van der Waals surface area (Å²) in [5.74, 6) is -0.0808. The molecule has 0 aliphatic carbocycles. The third kappa shape index (κ3) is 2.62. The average Bonchev–Trinajstić information content (AvgIpc) is 2.67. The molecule has 1 aliphatic heterocycles. The van der Waals surface area contributed by atoms with Crippen LogP contribution >= 0.6 is 0 Å². The average molecular weight is 357 g/mol. The molecule has 3 nitrogen and oxygen atoms in total. The van der Waals surface area contributed by atoms with Crippen molar-refractivity contribution in [3.8, 4) is 6.07 Å². The molecule has 3 aromatic rings. The summed E-state index contributed by atoms with van der Waals surface area (Å²) in [5.41, 5.74) is 6.73. The molecule has 4 heteroatoms. The lowest BCUT2D eigenvalue weighted by Crippen LogP contribution is -2.24. The zero-order chi connectivity index (χ0) is 19.3. The molecule has 0 amide bonds. The van der Waals surface area contributed by atoms with Gasteiger partial charge in [-0.1, -0.05) is 19.1 Å². The van der Waals surface area contributed by atoms with Gasteiger partial charge in [0.05, 0.1) is 28.9 Å². The predicted molar refractivity (Wildman–Crippen MR) is 106 cm³/mol. The van der Waals surface area contributed by atoms with E-state index in [9.17, 15) is 9.65 Å². The minimum Gasteiger partial charge on any atom is -0.280 e. The van der Waals surface area contributed by atoms with Crippen LogP contribution in [-0.2, 0) is 0 Å². The van der Waals surface area contributed by atoms with Gasteiger partial charge in [0, 0.05) is 34.2 Å². The Labute approximate surface area is 158 Å². The summed E-state index contributed by atoms with van der Waals surface area (Å²) in [4.78, 5) is 9.43. The molecule has 0 bridgehead atoms. The molecule has 0 saturated carbocycles. The number of nitriles is 1. The SMILES string of the molecule is Cc1ccc2c(c1C#N)C(C)C(C)N=C2c1cnc2c(C)c(F)ccc2c1. The molecule has 2 aromatic carbocycles. The monoisotopic (exact) mass is 357 g/mol. The number of rotatable bonds is 1. The summed E-state index contributed by atoms with van der Waals surface area (Å²) < 4.78 is 13.8. The van der Waals surface area contributed by atoms with Crippen LogP contribution in [0.4, 0.5) is 4.39 Å². The molecular weight excluding hydrogens is 337 g/mol. The normalized spacial score (nSPS) is 18.7. The zero-order valence-electron chi connectivity index (χ0n) is 15.8. The number of pyridine rings is 1. The number of hydrogen-bond acceptors (Lipinski definition) is 3. The summed E-state index contributed by atoms with van der Waals surface area (Å²) in [7, 11) is 0. The fraction of sp³-hybridized carbons (Fsp3) is 0.261. The summed E-state index contributed by atoms with van der Waals surface area (Å²) in [6.45, 7) is 7.90. The van der Waals surface area contributed by atoms with Gasteiger partial charge in [-0.05, 0) is 50.1 Å². The molecule has 0 fully saturated rings. The van der Waals surface area contributed by atoms with E-state index in [0.29, 0.717) is 11.1 Å². The van der Waals surface area contributed by atoms with Crippen molar-refractivity contribution in [2.24, 2.45) is 4.99 Å². The Morgan fingerprint density at radius 3 is 2.63 bits per heavy atom. The highest BCUT2D eigenvalue weighted by atomic mass is 19.1. The minimum absolute atomic E-state index is 0.0621. The van der Waals surface area contributed by atoms with E-state index < -0.39 is 0 Å². The van der Waals surface area contributed by atoms with Crippen LogP contribution in [0.1, 0.15) is 53.1 Å². The van der Waals surface area contributed by atoms with Gasteiger partial charge in [-0.3, -0.25) is 9.98 Å². The standard InChI is InChI=1S/C23H20FN3/c1-12-5-7-18-21(19(12)10-25)13(2)15(4)27-23(18)17-9-16-6-8-20(24)14(3)22(16)26-11-17/h5-9,11,13,15H,1-4H3. The van der Waals surface area contributed by atoms with Gasteiger partial charge >= 0.3 is 0 Å². The second-order valence-electron chi connectivity index (χ2n) is 7.31. The fourth-order valence-corrected chi connectivity index (χ4v) is 3.87.